The summed E-state index contributed by atoms with van der Waals surface area (Å²) in [6.07, 6.45) is 0. The summed E-state index contributed by atoms with van der Waals surface area (Å²) in [4.78, 5) is 0. The van der Waals surface area contributed by atoms with Gasteiger partial charge in [-0.15, -0.1) is 0 Å². The van der Waals surface area contributed by atoms with E-state index >= 15 is 0 Å². The maximum atomic E-state index is 2.53. The van der Waals surface area contributed by atoms with Crippen molar-refractivity contribution in [2.75, 3.05) is 0 Å². The highest BCUT2D eigenvalue weighted by atomic mass is 28.3. The average Bonchev–Trinajstić information content (AvgIpc) is 3.33. The van der Waals surface area contributed by atoms with Gasteiger partial charge in [-0.25, -0.2) is 0 Å². The summed E-state index contributed by atoms with van der Waals surface area (Å²) in [7, 11) is -2.21. The van der Waals surface area contributed by atoms with E-state index in [2.05, 4.69) is 183 Å². The van der Waals surface area contributed by atoms with E-state index in [1.807, 2.05) is 0 Å². The van der Waals surface area contributed by atoms with Gasteiger partial charge in [-0.2, -0.15) is 0 Å². The monoisotopic (exact) mass is 566 g/mol. The second kappa shape index (κ2) is 11.4. The molecule has 0 bridgehead atoms. The third kappa shape index (κ3) is 5.03. The van der Waals surface area contributed by atoms with Crippen molar-refractivity contribution in [3.8, 4) is 22.3 Å². The van der Waals surface area contributed by atoms with Crippen molar-refractivity contribution in [2.24, 2.45) is 0 Å². The fourth-order valence-corrected chi connectivity index (χ4v) is 10.5. The predicted molar refractivity (Wildman–Crippen MR) is 188 cm³/mol. The molecular formula is C42H34Si. The van der Waals surface area contributed by atoms with Crippen LogP contribution >= 0.6 is 0 Å². The first-order chi connectivity index (χ1) is 21.1. The zero-order valence-electron chi connectivity index (χ0n) is 24.7. The summed E-state index contributed by atoms with van der Waals surface area (Å²) in [6, 6.07) is 61.9. The topological polar surface area (TPSA) is 0 Å². The van der Waals surface area contributed by atoms with E-state index < -0.39 is 8.07 Å². The third-order valence-corrected chi connectivity index (χ3v) is 12.3. The molecule has 0 aromatic heterocycles. The quantitative estimate of drug-likeness (QED) is 0.176. The Morgan fingerprint density at radius 3 is 0.791 bits per heavy atom. The fourth-order valence-electron chi connectivity index (χ4n) is 6.72. The molecule has 0 nitrogen and oxygen atoms in total. The molecule has 0 radical (unpaired) electrons. The van der Waals surface area contributed by atoms with Crippen LogP contribution in [0.3, 0.4) is 0 Å². The van der Waals surface area contributed by atoms with Crippen molar-refractivity contribution in [1.82, 2.24) is 0 Å². The number of hydrogen-bond acceptors (Lipinski definition) is 0. The minimum Gasteiger partial charge on any atom is -0.0622 e. The van der Waals surface area contributed by atoms with Crippen LogP contribution in [-0.4, -0.2) is 8.07 Å². The molecule has 1 heterocycles. The average molecular weight is 567 g/mol. The Balaban J connectivity index is 1.45. The molecule has 0 saturated carbocycles. The molecule has 0 unspecified atom stereocenters. The predicted octanol–water partition coefficient (Wildman–Crippen LogP) is 11.3. The van der Waals surface area contributed by atoms with Gasteiger partial charge in [0.05, 0.1) is 0 Å². The van der Waals surface area contributed by atoms with Crippen molar-refractivity contribution >= 4 is 29.6 Å². The molecule has 1 heteroatoms. The molecule has 0 spiro atoms. The van der Waals surface area contributed by atoms with Crippen LogP contribution in [0, 0.1) is 0 Å². The lowest BCUT2D eigenvalue weighted by molar-refractivity contribution is 1.57. The highest BCUT2D eigenvalue weighted by Crippen LogP contribution is 2.55. The van der Waals surface area contributed by atoms with Gasteiger partial charge in [0.2, 0.25) is 0 Å². The molecule has 0 fully saturated rings. The highest BCUT2D eigenvalue weighted by Gasteiger charge is 2.43. The van der Waals surface area contributed by atoms with Crippen molar-refractivity contribution in [3.63, 3.8) is 0 Å². The summed E-state index contributed by atoms with van der Waals surface area (Å²) in [5.41, 5.74) is 12.9. The second-order valence-electron chi connectivity index (χ2n) is 11.7. The lowest BCUT2D eigenvalue weighted by atomic mass is 9.89. The number of benzene rings is 6. The van der Waals surface area contributed by atoms with Crippen LogP contribution in [0.5, 0.6) is 0 Å². The molecule has 1 aliphatic rings. The second-order valence-corrected chi connectivity index (χ2v) is 16.0. The first kappa shape index (κ1) is 26.9. The van der Waals surface area contributed by atoms with E-state index in [-0.39, 0.29) is 0 Å². The largest absolute Gasteiger partial charge is 0.115 e. The summed E-state index contributed by atoms with van der Waals surface area (Å²) < 4.78 is 0. The van der Waals surface area contributed by atoms with Crippen LogP contribution in [0.25, 0.3) is 43.8 Å². The maximum absolute atomic E-state index is 2.53. The maximum Gasteiger partial charge on any atom is 0.115 e. The van der Waals surface area contributed by atoms with Crippen molar-refractivity contribution < 1.29 is 0 Å². The molecule has 7 rings (SSSR count). The van der Waals surface area contributed by atoms with Crippen LogP contribution in [-0.2, 0) is 0 Å². The normalized spacial score (nSPS) is 14.3. The van der Waals surface area contributed by atoms with Gasteiger partial charge in [0, 0.05) is 0 Å². The Bertz CT molecular complexity index is 1770. The van der Waals surface area contributed by atoms with E-state index in [1.54, 1.807) is 0 Å². The van der Waals surface area contributed by atoms with Crippen LogP contribution in [0.4, 0.5) is 0 Å². The SMILES string of the molecule is C[Si]1(C)C(c2ccc(-c3ccccc3)cc2)=C(c2ccccc2)C(c2ccccc2)=C1c1ccc(-c2ccccc2)cc1. The lowest BCUT2D eigenvalue weighted by Gasteiger charge is -2.27. The van der Waals surface area contributed by atoms with Crippen molar-refractivity contribution in [2.45, 2.75) is 13.1 Å². The van der Waals surface area contributed by atoms with Crippen LogP contribution in [0.1, 0.15) is 22.3 Å². The van der Waals surface area contributed by atoms with Gasteiger partial charge in [-0.1, -0.05) is 183 Å². The molecule has 0 aliphatic carbocycles. The summed E-state index contributed by atoms with van der Waals surface area (Å²) in [5, 5.41) is 3.00. The lowest BCUT2D eigenvalue weighted by Crippen LogP contribution is -2.28. The smallest absolute Gasteiger partial charge is 0.0622 e. The molecule has 43 heavy (non-hydrogen) atoms. The Hall–Kier alpha value is -4.98. The zero-order valence-corrected chi connectivity index (χ0v) is 25.7. The molecule has 1 aliphatic heterocycles. The van der Waals surface area contributed by atoms with Gasteiger partial charge in [0.15, 0.2) is 0 Å². The first-order valence-electron chi connectivity index (χ1n) is 15.0. The van der Waals surface area contributed by atoms with E-state index in [1.165, 1.54) is 66.0 Å². The Morgan fingerprint density at radius 1 is 0.256 bits per heavy atom. The van der Waals surface area contributed by atoms with Crippen LogP contribution in [0.2, 0.25) is 13.1 Å². The standard InChI is InChI=1S/C42H34Si/c1-43(2)41(37-27-23-33(24-28-37)31-15-7-3-8-16-31)39(35-19-11-5-12-20-35)40(36-21-13-6-14-22-36)42(43)38-29-25-34(26-30-38)32-17-9-4-10-18-32/h3-30H,1-2H3. The molecule has 6 aromatic rings. The van der Waals surface area contributed by atoms with Gasteiger partial charge in [-0.3, -0.25) is 0 Å². The molecule has 206 valence electrons. The number of hydrogen-bond donors (Lipinski definition) is 0. The molecular weight excluding hydrogens is 533 g/mol. The van der Waals surface area contributed by atoms with Crippen LogP contribution < -0.4 is 0 Å². The van der Waals surface area contributed by atoms with Crippen molar-refractivity contribution in [3.05, 3.63) is 192 Å². The number of allylic oxidation sites excluding steroid dienone is 2. The van der Waals surface area contributed by atoms with Gasteiger partial charge >= 0.3 is 0 Å². The first-order valence-corrected chi connectivity index (χ1v) is 18.0. The zero-order chi connectivity index (χ0) is 29.2. The van der Waals surface area contributed by atoms with E-state index in [4.69, 9.17) is 0 Å². The van der Waals surface area contributed by atoms with Gasteiger partial charge in [0.1, 0.15) is 8.07 Å². The minimum absolute atomic E-state index is 1.25. The van der Waals surface area contributed by atoms with Crippen LogP contribution in [0.15, 0.2) is 170 Å². The van der Waals surface area contributed by atoms with Gasteiger partial charge < -0.3 is 0 Å². The Kier molecular flexibility index (Phi) is 7.10. The third-order valence-electron chi connectivity index (χ3n) is 8.69. The molecule has 0 amide bonds. The molecule has 0 saturated heterocycles. The summed E-state index contributed by atoms with van der Waals surface area (Å²) in [6.45, 7) is 5.07. The molecule has 6 aromatic carbocycles. The number of rotatable bonds is 6. The molecule has 0 N–H and O–H groups in total. The minimum atomic E-state index is -2.21. The Labute approximate surface area is 256 Å². The molecule has 0 atom stereocenters. The van der Waals surface area contributed by atoms with Gasteiger partial charge in [0.25, 0.3) is 0 Å². The highest BCUT2D eigenvalue weighted by molar-refractivity contribution is 7.13. The summed E-state index contributed by atoms with van der Waals surface area (Å²) in [5.74, 6) is 0. The van der Waals surface area contributed by atoms with E-state index in [0.717, 1.165) is 0 Å². The van der Waals surface area contributed by atoms with Gasteiger partial charge in [-0.05, 0) is 66.0 Å². The fraction of sp³-hybridized carbons (Fsp3) is 0.0476. The summed E-state index contributed by atoms with van der Waals surface area (Å²) >= 11 is 0. The Morgan fingerprint density at radius 2 is 0.488 bits per heavy atom. The van der Waals surface area contributed by atoms with Crippen molar-refractivity contribution in [1.29, 1.82) is 0 Å². The van der Waals surface area contributed by atoms with E-state index in [0.29, 0.717) is 0 Å². The van der Waals surface area contributed by atoms with E-state index in [9.17, 15) is 0 Å².